The van der Waals surface area contributed by atoms with Crippen molar-refractivity contribution >= 4 is 23.2 Å². The van der Waals surface area contributed by atoms with E-state index >= 15 is 0 Å². The van der Waals surface area contributed by atoms with Crippen molar-refractivity contribution in [3.8, 4) is 0 Å². The molecule has 2 aromatic rings. The zero-order valence-corrected chi connectivity index (χ0v) is 15.0. The van der Waals surface area contributed by atoms with Gasteiger partial charge in [-0.25, -0.2) is 4.79 Å². The topological polar surface area (TPSA) is 102 Å². The first-order chi connectivity index (χ1) is 11.6. The lowest BCUT2D eigenvalue weighted by molar-refractivity contribution is 0.0318. The molecule has 132 valence electrons. The van der Waals surface area contributed by atoms with E-state index in [0.717, 1.165) is 5.56 Å². The van der Waals surface area contributed by atoms with Gasteiger partial charge in [-0.15, -0.1) is 0 Å². The van der Waals surface area contributed by atoms with Crippen LogP contribution in [0.1, 0.15) is 61.9 Å². The Hall–Kier alpha value is -2.89. The number of hydrogen-bond donors (Lipinski definition) is 2. The minimum Gasteiger partial charge on any atom is -0.451 e. The lowest BCUT2D eigenvalue weighted by Crippen LogP contribution is -2.26. The molecule has 0 radical (unpaired) electrons. The molecule has 0 saturated heterocycles. The highest BCUT2D eigenvalue weighted by Gasteiger charge is 2.26. The fourth-order valence-electron chi connectivity index (χ4n) is 2.86. The van der Waals surface area contributed by atoms with Crippen molar-refractivity contribution in [3.63, 3.8) is 0 Å². The largest absolute Gasteiger partial charge is 0.451 e. The molecular weight excluding hydrogens is 320 g/mol. The van der Waals surface area contributed by atoms with E-state index in [-0.39, 0.29) is 17.0 Å². The lowest BCUT2D eigenvalue weighted by Gasteiger charge is -2.14. The third-order valence-corrected chi connectivity index (χ3v) is 4.23. The van der Waals surface area contributed by atoms with Gasteiger partial charge in [0.25, 0.3) is 0 Å². The highest BCUT2D eigenvalue weighted by molar-refractivity contribution is 6.06. The molecule has 0 saturated carbocycles. The van der Waals surface area contributed by atoms with Gasteiger partial charge in [0.1, 0.15) is 0 Å². The first-order valence-electron chi connectivity index (χ1n) is 7.95. The zero-order chi connectivity index (χ0) is 18.9. The summed E-state index contributed by atoms with van der Waals surface area (Å²) in [5.74, 6) is -1.18. The molecule has 0 amide bonds. The van der Waals surface area contributed by atoms with Gasteiger partial charge in [-0.1, -0.05) is 12.1 Å². The van der Waals surface area contributed by atoms with E-state index < -0.39 is 17.9 Å². The van der Waals surface area contributed by atoms with Crippen molar-refractivity contribution in [2.24, 2.45) is 0 Å². The standard InChI is InChI=1S/C19H22N2O4/c1-9-7-6-8-14(16(9)20)19(24)25-13(5)18(23)17-10(2)15(12(4)22)11(3)21-17/h6-8,13,21H,20H2,1-5H3/t13-/m1/s1. The molecule has 6 heteroatoms. The molecule has 0 aliphatic rings. The van der Waals surface area contributed by atoms with Gasteiger partial charge >= 0.3 is 5.97 Å². The van der Waals surface area contributed by atoms with Crippen LogP contribution in [0.3, 0.4) is 0 Å². The van der Waals surface area contributed by atoms with Crippen molar-refractivity contribution in [1.29, 1.82) is 0 Å². The molecule has 1 aromatic heterocycles. The van der Waals surface area contributed by atoms with E-state index in [1.807, 2.05) is 0 Å². The molecule has 2 rings (SSSR count). The third kappa shape index (κ3) is 3.47. The number of ether oxygens (including phenoxy) is 1. The Kier molecular flexibility index (Phi) is 5.11. The number of carbonyl (C=O) groups excluding carboxylic acids is 3. The maximum Gasteiger partial charge on any atom is 0.340 e. The number of carbonyl (C=O) groups is 3. The molecule has 1 aromatic carbocycles. The molecule has 1 atom stereocenters. The van der Waals surface area contributed by atoms with Crippen LogP contribution in [0.25, 0.3) is 0 Å². The van der Waals surface area contributed by atoms with Crippen LogP contribution in [-0.4, -0.2) is 28.6 Å². The number of aryl methyl sites for hydroxylation is 2. The molecule has 0 aliphatic heterocycles. The van der Waals surface area contributed by atoms with Crippen LogP contribution in [-0.2, 0) is 4.74 Å². The molecule has 0 bridgehead atoms. The van der Waals surface area contributed by atoms with Crippen molar-refractivity contribution < 1.29 is 19.1 Å². The van der Waals surface area contributed by atoms with E-state index in [4.69, 9.17) is 10.5 Å². The number of benzene rings is 1. The Morgan fingerprint density at radius 1 is 1.16 bits per heavy atom. The molecule has 0 spiro atoms. The number of esters is 1. The Labute approximate surface area is 146 Å². The Bertz CT molecular complexity index is 865. The van der Waals surface area contributed by atoms with E-state index in [9.17, 15) is 14.4 Å². The summed E-state index contributed by atoms with van der Waals surface area (Å²) in [5, 5.41) is 0. The Morgan fingerprint density at radius 2 is 1.80 bits per heavy atom. The van der Waals surface area contributed by atoms with Crippen LogP contribution in [0.4, 0.5) is 5.69 Å². The monoisotopic (exact) mass is 342 g/mol. The van der Waals surface area contributed by atoms with Gasteiger partial charge in [0.15, 0.2) is 11.9 Å². The molecule has 1 heterocycles. The van der Waals surface area contributed by atoms with Gasteiger partial charge in [0.2, 0.25) is 5.78 Å². The average Bonchev–Trinajstić information content (AvgIpc) is 2.83. The number of aromatic nitrogens is 1. The second-order valence-electron chi connectivity index (χ2n) is 6.13. The van der Waals surface area contributed by atoms with Crippen LogP contribution >= 0.6 is 0 Å². The van der Waals surface area contributed by atoms with Gasteiger partial charge < -0.3 is 15.5 Å². The molecular formula is C19H22N2O4. The molecule has 0 unspecified atom stereocenters. The number of ketones is 2. The van der Waals surface area contributed by atoms with Crippen molar-refractivity contribution in [3.05, 3.63) is 51.8 Å². The maximum atomic E-state index is 12.6. The van der Waals surface area contributed by atoms with Gasteiger partial charge in [-0.05, 0) is 51.8 Å². The fourth-order valence-corrected chi connectivity index (χ4v) is 2.86. The summed E-state index contributed by atoms with van der Waals surface area (Å²) in [4.78, 5) is 39.5. The SMILES string of the molecule is CC(=O)c1c(C)[nH]c(C(=O)[C@@H](C)OC(=O)c2cccc(C)c2N)c1C. The molecule has 0 aliphatic carbocycles. The summed E-state index contributed by atoms with van der Waals surface area (Å²) in [7, 11) is 0. The number of nitrogens with one attached hydrogen (secondary N) is 1. The molecule has 25 heavy (non-hydrogen) atoms. The van der Waals surface area contributed by atoms with E-state index in [0.29, 0.717) is 22.5 Å². The predicted octanol–water partition coefficient (Wildman–Crippen LogP) is 3.15. The summed E-state index contributed by atoms with van der Waals surface area (Å²) < 4.78 is 5.28. The summed E-state index contributed by atoms with van der Waals surface area (Å²) in [6.45, 7) is 8.15. The third-order valence-electron chi connectivity index (χ3n) is 4.23. The first kappa shape index (κ1) is 18.4. The second kappa shape index (κ2) is 6.93. The van der Waals surface area contributed by atoms with Crippen LogP contribution in [0, 0.1) is 20.8 Å². The van der Waals surface area contributed by atoms with Crippen LogP contribution in [0.5, 0.6) is 0 Å². The quantitative estimate of drug-likeness (QED) is 0.494. The van der Waals surface area contributed by atoms with E-state index in [2.05, 4.69) is 4.98 Å². The Morgan fingerprint density at radius 3 is 2.36 bits per heavy atom. The van der Waals surface area contributed by atoms with Crippen LogP contribution < -0.4 is 5.73 Å². The van der Waals surface area contributed by atoms with E-state index in [1.54, 1.807) is 39.0 Å². The second-order valence-corrected chi connectivity index (χ2v) is 6.13. The zero-order valence-electron chi connectivity index (χ0n) is 15.0. The van der Waals surface area contributed by atoms with Gasteiger partial charge in [0, 0.05) is 16.9 Å². The smallest absolute Gasteiger partial charge is 0.340 e. The molecule has 6 nitrogen and oxygen atoms in total. The van der Waals surface area contributed by atoms with Crippen LogP contribution in [0.2, 0.25) is 0 Å². The fraction of sp³-hybridized carbons (Fsp3) is 0.316. The number of para-hydroxylation sites is 1. The van der Waals surface area contributed by atoms with Gasteiger partial charge in [0.05, 0.1) is 11.3 Å². The summed E-state index contributed by atoms with van der Waals surface area (Å²) in [5.41, 5.74) is 9.17. The highest BCUT2D eigenvalue weighted by Crippen LogP contribution is 2.22. The summed E-state index contributed by atoms with van der Waals surface area (Å²) in [6.07, 6.45) is -1.01. The number of Topliss-reactive ketones (excluding diaryl/α,β-unsaturated/α-hetero) is 2. The predicted molar refractivity (Wildman–Crippen MR) is 95.1 cm³/mol. The molecule has 0 fully saturated rings. The number of anilines is 1. The normalized spacial score (nSPS) is 11.9. The average molecular weight is 342 g/mol. The number of H-pyrrole nitrogens is 1. The lowest BCUT2D eigenvalue weighted by atomic mass is 10.0. The molecule has 3 N–H and O–H groups in total. The number of aromatic amines is 1. The number of hydrogen-bond acceptors (Lipinski definition) is 5. The van der Waals surface area contributed by atoms with Crippen LogP contribution in [0.15, 0.2) is 18.2 Å². The number of rotatable bonds is 5. The summed E-state index contributed by atoms with van der Waals surface area (Å²) in [6, 6.07) is 5.04. The van der Waals surface area contributed by atoms with E-state index in [1.165, 1.54) is 13.8 Å². The Balaban J connectivity index is 2.24. The maximum absolute atomic E-state index is 12.6. The van der Waals surface area contributed by atoms with Crippen molar-refractivity contribution in [1.82, 2.24) is 4.98 Å². The highest BCUT2D eigenvalue weighted by atomic mass is 16.5. The number of nitrogen functional groups attached to an aromatic ring is 1. The minimum absolute atomic E-state index is 0.123. The first-order valence-corrected chi connectivity index (χ1v) is 7.95. The van der Waals surface area contributed by atoms with Gasteiger partial charge in [-0.2, -0.15) is 0 Å². The minimum atomic E-state index is -1.01. The van der Waals surface area contributed by atoms with Crippen molar-refractivity contribution in [2.45, 2.75) is 40.7 Å². The van der Waals surface area contributed by atoms with Gasteiger partial charge in [-0.3, -0.25) is 9.59 Å². The number of nitrogens with two attached hydrogens (primary N) is 1. The van der Waals surface area contributed by atoms with Crippen molar-refractivity contribution in [2.75, 3.05) is 5.73 Å². The summed E-state index contributed by atoms with van der Waals surface area (Å²) >= 11 is 0.